The van der Waals surface area contributed by atoms with Crippen molar-refractivity contribution in [3.63, 3.8) is 0 Å². The fourth-order valence-corrected chi connectivity index (χ4v) is 3.87. The molecule has 4 rings (SSSR count). The van der Waals surface area contributed by atoms with E-state index in [1.807, 2.05) is 17.9 Å². The SMILES string of the molecule is C[C@H](C(=O)N1CCc2ccccc2C1)N1CCN(c2ncccn2)CC1. The molecule has 0 bridgehead atoms. The maximum atomic E-state index is 13.0. The van der Waals surface area contributed by atoms with Crippen LogP contribution in [0.1, 0.15) is 18.1 Å². The number of amides is 1. The van der Waals surface area contributed by atoms with Crippen LogP contribution in [0.2, 0.25) is 0 Å². The molecule has 6 nitrogen and oxygen atoms in total. The van der Waals surface area contributed by atoms with E-state index in [4.69, 9.17) is 0 Å². The highest BCUT2D eigenvalue weighted by Crippen LogP contribution is 2.20. The first-order valence-electron chi connectivity index (χ1n) is 9.34. The Morgan fingerprint density at radius 1 is 0.962 bits per heavy atom. The van der Waals surface area contributed by atoms with Crippen molar-refractivity contribution in [2.45, 2.75) is 25.9 Å². The molecule has 1 amide bonds. The first kappa shape index (κ1) is 17.0. The number of carbonyl (C=O) groups excluding carboxylic acids is 1. The van der Waals surface area contributed by atoms with Crippen molar-refractivity contribution in [2.75, 3.05) is 37.6 Å². The molecule has 2 aliphatic rings. The van der Waals surface area contributed by atoms with Gasteiger partial charge in [0.05, 0.1) is 6.04 Å². The number of carbonyl (C=O) groups is 1. The molecule has 0 N–H and O–H groups in total. The molecule has 1 atom stereocenters. The van der Waals surface area contributed by atoms with E-state index in [0.29, 0.717) is 0 Å². The number of hydrogen-bond acceptors (Lipinski definition) is 5. The minimum absolute atomic E-state index is 0.0842. The molecule has 1 aromatic heterocycles. The number of benzene rings is 1. The van der Waals surface area contributed by atoms with Crippen molar-refractivity contribution in [3.8, 4) is 0 Å². The van der Waals surface area contributed by atoms with Crippen LogP contribution in [-0.2, 0) is 17.8 Å². The molecule has 1 aromatic carbocycles. The van der Waals surface area contributed by atoms with E-state index in [0.717, 1.165) is 51.6 Å². The van der Waals surface area contributed by atoms with Crippen LogP contribution in [0.5, 0.6) is 0 Å². The minimum atomic E-state index is -0.0842. The monoisotopic (exact) mass is 351 g/mol. The van der Waals surface area contributed by atoms with E-state index in [1.165, 1.54) is 11.1 Å². The Labute approximate surface area is 154 Å². The van der Waals surface area contributed by atoms with Gasteiger partial charge >= 0.3 is 0 Å². The van der Waals surface area contributed by atoms with Gasteiger partial charge in [0, 0.05) is 51.7 Å². The fourth-order valence-electron chi connectivity index (χ4n) is 3.87. The number of anilines is 1. The Morgan fingerprint density at radius 2 is 1.65 bits per heavy atom. The number of nitrogens with zero attached hydrogens (tertiary/aromatic N) is 5. The second-order valence-electron chi connectivity index (χ2n) is 7.03. The molecule has 6 heteroatoms. The van der Waals surface area contributed by atoms with Gasteiger partial charge in [-0.3, -0.25) is 9.69 Å². The van der Waals surface area contributed by atoms with E-state index in [9.17, 15) is 4.79 Å². The van der Waals surface area contributed by atoms with E-state index < -0.39 is 0 Å². The molecular formula is C20H25N5O. The number of fused-ring (bicyclic) bond motifs is 1. The summed E-state index contributed by atoms with van der Waals surface area (Å²) in [4.78, 5) is 28.1. The van der Waals surface area contributed by atoms with E-state index in [1.54, 1.807) is 12.4 Å². The fraction of sp³-hybridized carbons (Fsp3) is 0.450. The summed E-state index contributed by atoms with van der Waals surface area (Å²) in [6, 6.07) is 10.2. The zero-order chi connectivity index (χ0) is 17.9. The molecule has 0 aliphatic carbocycles. The summed E-state index contributed by atoms with van der Waals surface area (Å²) in [5, 5.41) is 0. The molecule has 0 spiro atoms. The van der Waals surface area contributed by atoms with Gasteiger partial charge in [-0.05, 0) is 30.5 Å². The molecule has 3 heterocycles. The average Bonchev–Trinajstić information content (AvgIpc) is 2.73. The molecule has 0 unspecified atom stereocenters. The molecule has 1 saturated heterocycles. The highest BCUT2D eigenvalue weighted by atomic mass is 16.2. The second kappa shape index (κ2) is 7.41. The third-order valence-electron chi connectivity index (χ3n) is 5.50. The highest BCUT2D eigenvalue weighted by Gasteiger charge is 2.30. The number of rotatable bonds is 3. The van der Waals surface area contributed by atoms with Crippen LogP contribution in [0, 0.1) is 0 Å². The van der Waals surface area contributed by atoms with Crippen molar-refractivity contribution in [2.24, 2.45) is 0 Å². The van der Waals surface area contributed by atoms with Crippen molar-refractivity contribution >= 4 is 11.9 Å². The van der Waals surface area contributed by atoms with Gasteiger partial charge in [0.2, 0.25) is 11.9 Å². The average molecular weight is 351 g/mol. The van der Waals surface area contributed by atoms with Gasteiger partial charge in [0.15, 0.2) is 0 Å². The van der Waals surface area contributed by atoms with Crippen molar-refractivity contribution < 1.29 is 4.79 Å². The lowest BCUT2D eigenvalue weighted by Crippen LogP contribution is -2.55. The van der Waals surface area contributed by atoms with Crippen LogP contribution in [0.25, 0.3) is 0 Å². The zero-order valence-corrected chi connectivity index (χ0v) is 15.2. The first-order valence-corrected chi connectivity index (χ1v) is 9.34. The topological polar surface area (TPSA) is 52.6 Å². The maximum absolute atomic E-state index is 13.0. The molecule has 1 fully saturated rings. The van der Waals surface area contributed by atoms with Gasteiger partial charge in [0.25, 0.3) is 0 Å². The first-order chi connectivity index (χ1) is 12.7. The Kier molecular flexibility index (Phi) is 4.84. The number of hydrogen-bond donors (Lipinski definition) is 0. The van der Waals surface area contributed by atoms with Crippen LogP contribution in [0.15, 0.2) is 42.7 Å². The maximum Gasteiger partial charge on any atom is 0.239 e. The summed E-state index contributed by atoms with van der Waals surface area (Å²) in [5.74, 6) is 1.02. The zero-order valence-electron chi connectivity index (χ0n) is 15.2. The third kappa shape index (κ3) is 3.42. The van der Waals surface area contributed by atoms with Gasteiger partial charge in [0.1, 0.15) is 0 Å². The summed E-state index contributed by atoms with van der Waals surface area (Å²) in [6.07, 6.45) is 4.50. The largest absolute Gasteiger partial charge is 0.338 e. The Bertz CT molecular complexity index is 758. The lowest BCUT2D eigenvalue weighted by atomic mass is 9.99. The summed E-state index contributed by atoms with van der Waals surface area (Å²) >= 11 is 0. The van der Waals surface area contributed by atoms with Crippen LogP contribution < -0.4 is 4.90 Å². The normalized spacial score (nSPS) is 19.1. The van der Waals surface area contributed by atoms with Crippen LogP contribution in [-0.4, -0.2) is 64.4 Å². The van der Waals surface area contributed by atoms with Crippen LogP contribution in [0.4, 0.5) is 5.95 Å². The molecule has 136 valence electrons. The standard InChI is InChI=1S/C20H25N5O/c1-16(19(26)25-10-7-17-5-2-3-6-18(17)15-25)23-11-13-24(14-12-23)20-21-8-4-9-22-20/h2-6,8-9,16H,7,10-15H2,1H3/t16-/m1/s1. The second-order valence-corrected chi connectivity index (χ2v) is 7.03. The summed E-state index contributed by atoms with van der Waals surface area (Å²) < 4.78 is 0. The predicted molar refractivity (Wildman–Crippen MR) is 101 cm³/mol. The molecule has 0 saturated carbocycles. The Balaban J connectivity index is 1.35. The van der Waals surface area contributed by atoms with Gasteiger partial charge in [-0.25, -0.2) is 9.97 Å². The Morgan fingerprint density at radius 3 is 2.38 bits per heavy atom. The Hall–Kier alpha value is -2.47. The molecule has 2 aromatic rings. The van der Waals surface area contributed by atoms with Gasteiger partial charge in [-0.15, -0.1) is 0 Å². The van der Waals surface area contributed by atoms with E-state index >= 15 is 0 Å². The predicted octanol–water partition coefficient (Wildman–Crippen LogP) is 1.57. The highest BCUT2D eigenvalue weighted by molar-refractivity contribution is 5.81. The van der Waals surface area contributed by atoms with Crippen LogP contribution >= 0.6 is 0 Å². The van der Waals surface area contributed by atoms with E-state index in [-0.39, 0.29) is 11.9 Å². The lowest BCUT2D eigenvalue weighted by Gasteiger charge is -2.39. The van der Waals surface area contributed by atoms with Crippen molar-refractivity contribution in [1.82, 2.24) is 19.8 Å². The summed E-state index contributed by atoms with van der Waals surface area (Å²) in [5.41, 5.74) is 2.66. The van der Waals surface area contributed by atoms with Crippen LogP contribution in [0.3, 0.4) is 0 Å². The summed E-state index contributed by atoms with van der Waals surface area (Å²) in [6.45, 7) is 7.01. The molecule has 2 aliphatic heterocycles. The van der Waals surface area contributed by atoms with Crippen molar-refractivity contribution in [1.29, 1.82) is 0 Å². The van der Waals surface area contributed by atoms with Gasteiger partial charge < -0.3 is 9.80 Å². The third-order valence-corrected chi connectivity index (χ3v) is 5.50. The van der Waals surface area contributed by atoms with E-state index in [2.05, 4.69) is 44.0 Å². The summed E-state index contributed by atoms with van der Waals surface area (Å²) in [7, 11) is 0. The number of aromatic nitrogens is 2. The minimum Gasteiger partial charge on any atom is -0.338 e. The molecule has 26 heavy (non-hydrogen) atoms. The lowest BCUT2D eigenvalue weighted by molar-refractivity contribution is -0.137. The quantitative estimate of drug-likeness (QED) is 0.840. The van der Waals surface area contributed by atoms with Crippen molar-refractivity contribution in [3.05, 3.63) is 53.9 Å². The van der Waals surface area contributed by atoms with Gasteiger partial charge in [-0.2, -0.15) is 0 Å². The molecular weight excluding hydrogens is 326 g/mol. The van der Waals surface area contributed by atoms with Gasteiger partial charge in [-0.1, -0.05) is 24.3 Å². The smallest absolute Gasteiger partial charge is 0.239 e. The number of piperazine rings is 1. The molecule has 0 radical (unpaired) electrons.